The second-order valence-corrected chi connectivity index (χ2v) is 4.69. The lowest BCUT2D eigenvalue weighted by Gasteiger charge is -2.13. The van der Waals surface area contributed by atoms with E-state index < -0.39 is 0 Å². The number of methoxy groups -OCH3 is 2. The standard InChI is InChI=1S/C19H18O5/c1-21-13-23-18-10-11-19(24-14-22-2)17(12-20)16(18)9-8-15-6-4-3-5-7-15/h3-7,10-12H,13-14H2,1-2H3. The van der Waals surface area contributed by atoms with Crippen LogP contribution >= 0.6 is 0 Å². The average Bonchev–Trinajstić information content (AvgIpc) is 2.63. The van der Waals surface area contributed by atoms with Gasteiger partial charge in [0.1, 0.15) is 11.5 Å². The zero-order chi connectivity index (χ0) is 17.2. The molecule has 24 heavy (non-hydrogen) atoms. The number of aldehydes is 1. The lowest BCUT2D eigenvalue weighted by Crippen LogP contribution is -2.06. The zero-order valence-corrected chi connectivity index (χ0v) is 13.6. The minimum atomic E-state index is 0.0324. The number of rotatable bonds is 7. The summed E-state index contributed by atoms with van der Waals surface area (Å²) >= 11 is 0. The van der Waals surface area contributed by atoms with E-state index >= 15 is 0 Å². The minimum Gasteiger partial charge on any atom is -0.467 e. The van der Waals surface area contributed by atoms with Crippen LogP contribution < -0.4 is 9.47 Å². The quantitative estimate of drug-likeness (QED) is 0.445. The van der Waals surface area contributed by atoms with Crippen molar-refractivity contribution in [2.24, 2.45) is 0 Å². The van der Waals surface area contributed by atoms with Crippen LogP contribution in [-0.4, -0.2) is 34.1 Å². The second-order valence-electron chi connectivity index (χ2n) is 4.69. The maximum absolute atomic E-state index is 11.6. The van der Waals surface area contributed by atoms with Crippen LogP contribution in [0.4, 0.5) is 0 Å². The Kier molecular flexibility index (Phi) is 6.84. The molecule has 0 bridgehead atoms. The summed E-state index contributed by atoms with van der Waals surface area (Å²) in [5.74, 6) is 6.85. The van der Waals surface area contributed by atoms with Gasteiger partial charge in [0.05, 0.1) is 11.1 Å². The van der Waals surface area contributed by atoms with E-state index in [2.05, 4.69) is 11.8 Å². The number of hydrogen-bond donors (Lipinski definition) is 0. The van der Waals surface area contributed by atoms with Crippen LogP contribution in [0.25, 0.3) is 0 Å². The zero-order valence-electron chi connectivity index (χ0n) is 13.6. The highest BCUT2D eigenvalue weighted by Crippen LogP contribution is 2.29. The Bertz CT molecular complexity index is 729. The molecular formula is C19H18O5. The van der Waals surface area contributed by atoms with Gasteiger partial charge in [-0.15, -0.1) is 0 Å². The predicted molar refractivity (Wildman–Crippen MR) is 89.3 cm³/mol. The van der Waals surface area contributed by atoms with E-state index in [1.54, 1.807) is 12.1 Å². The predicted octanol–water partition coefficient (Wildman–Crippen LogP) is 2.86. The van der Waals surface area contributed by atoms with E-state index in [-0.39, 0.29) is 13.6 Å². The summed E-state index contributed by atoms with van der Waals surface area (Å²) in [6.45, 7) is 0.0846. The monoisotopic (exact) mass is 326 g/mol. The highest BCUT2D eigenvalue weighted by Gasteiger charge is 2.14. The van der Waals surface area contributed by atoms with Gasteiger partial charge in [-0.1, -0.05) is 30.0 Å². The fourth-order valence-corrected chi connectivity index (χ4v) is 1.97. The normalized spacial score (nSPS) is 9.75. The summed E-state index contributed by atoms with van der Waals surface area (Å²) in [5, 5.41) is 0. The van der Waals surface area contributed by atoms with Gasteiger partial charge in [-0.05, 0) is 24.3 Å². The van der Waals surface area contributed by atoms with Crippen molar-refractivity contribution in [3.05, 3.63) is 59.2 Å². The first-order valence-electron chi connectivity index (χ1n) is 7.23. The van der Waals surface area contributed by atoms with Crippen molar-refractivity contribution in [3.8, 4) is 23.3 Å². The Hall–Kier alpha value is -2.81. The van der Waals surface area contributed by atoms with Crippen molar-refractivity contribution >= 4 is 6.29 Å². The van der Waals surface area contributed by atoms with Gasteiger partial charge >= 0.3 is 0 Å². The van der Waals surface area contributed by atoms with Crippen molar-refractivity contribution < 1.29 is 23.7 Å². The van der Waals surface area contributed by atoms with Crippen molar-refractivity contribution in [3.63, 3.8) is 0 Å². The number of hydrogen-bond acceptors (Lipinski definition) is 5. The molecule has 5 nitrogen and oxygen atoms in total. The molecule has 0 amide bonds. The minimum absolute atomic E-state index is 0.0324. The van der Waals surface area contributed by atoms with Crippen molar-refractivity contribution in [2.45, 2.75) is 0 Å². The molecule has 0 aliphatic rings. The smallest absolute Gasteiger partial charge is 0.188 e. The Morgan fingerprint density at radius 1 is 0.875 bits per heavy atom. The molecule has 0 aliphatic carbocycles. The number of carbonyl (C=O) groups is 1. The largest absolute Gasteiger partial charge is 0.467 e. The molecule has 2 aromatic rings. The molecule has 0 aliphatic heterocycles. The fraction of sp³-hybridized carbons (Fsp3) is 0.211. The van der Waals surface area contributed by atoms with Gasteiger partial charge in [0.15, 0.2) is 19.9 Å². The number of ether oxygens (including phenoxy) is 4. The second kappa shape index (κ2) is 9.36. The summed E-state index contributed by atoms with van der Waals surface area (Å²) in [5.41, 5.74) is 1.58. The molecule has 0 saturated carbocycles. The van der Waals surface area contributed by atoms with Crippen LogP contribution in [0, 0.1) is 11.8 Å². The lowest BCUT2D eigenvalue weighted by atomic mass is 10.1. The Labute approximate surface area is 141 Å². The number of benzene rings is 2. The Morgan fingerprint density at radius 3 is 2.12 bits per heavy atom. The van der Waals surface area contributed by atoms with E-state index in [1.807, 2.05) is 30.3 Å². The molecule has 0 aromatic heterocycles. The SMILES string of the molecule is COCOc1ccc(OCOC)c(C=O)c1C#Cc1ccccc1. The van der Waals surface area contributed by atoms with E-state index in [0.717, 1.165) is 5.56 Å². The molecule has 0 fully saturated rings. The molecule has 2 rings (SSSR count). The summed E-state index contributed by atoms with van der Waals surface area (Å²) in [6, 6.07) is 12.8. The molecule has 0 radical (unpaired) electrons. The van der Waals surface area contributed by atoms with Crippen molar-refractivity contribution in [2.75, 3.05) is 27.8 Å². The molecule has 0 unspecified atom stereocenters. The summed E-state index contributed by atoms with van der Waals surface area (Å²) in [4.78, 5) is 11.6. The molecule has 0 heterocycles. The topological polar surface area (TPSA) is 54.0 Å². The van der Waals surface area contributed by atoms with Gasteiger partial charge < -0.3 is 18.9 Å². The van der Waals surface area contributed by atoms with E-state index in [0.29, 0.717) is 28.9 Å². The first-order chi connectivity index (χ1) is 11.8. The first-order valence-corrected chi connectivity index (χ1v) is 7.23. The van der Waals surface area contributed by atoms with Crippen LogP contribution in [0.15, 0.2) is 42.5 Å². The third-order valence-corrected chi connectivity index (χ3v) is 3.06. The van der Waals surface area contributed by atoms with Crippen LogP contribution in [-0.2, 0) is 9.47 Å². The fourth-order valence-electron chi connectivity index (χ4n) is 1.97. The van der Waals surface area contributed by atoms with E-state index in [1.165, 1.54) is 14.2 Å². The molecule has 0 spiro atoms. The molecule has 124 valence electrons. The highest BCUT2D eigenvalue weighted by atomic mass is 16.7. The highest BCUT2D eigenvalue weighted by molar-refractivity contribution is 5.85. The molecule has 0 N–H and O–H groups in total. The number of carbonyl (C=O) groups excluding carboxylic acids is 1. The van der Waals surface area contributed by atoms with Gasteiger partial charge in [0, 0.05) is 19.8 Å². The summed E-state index contributed by atoms with van der Waals surface area (Å²) in [7, 11) is 3.03. The van der Waals surface area contributed by atoms with Gasteiger partial charge in [-0.25, -0.2) is 0 Å². The van der Waals surface area contributed by atoms with Crippen LogP contribution in [0.3, 0.4) is 0 Å². The third kappa shape index (κ3) is 4.59. The van der Waals surface area contributed by atoms with Crippen molar-refractivity contribution in [1.29, 1.82) is 0 Å². The van der Waals surface area contributed by atoms with E-state index in [9.17, 15) is 4.79 Å². The molecule has 5 heteroatoms. The summed E-state index contributed by atoms with van der Waals surface area (Å²) < 4.78 is 20.7. The van der Waals surface area contributed by atoms with E-state index in [4.69, 9.17) is 18.9 Å². The third-order valence-electron chi connectivity index (χ3n) is 3.06. The average molecular weight is 326 g/mol. The lowest BCUT2D eigenvalue weighted by molar-refractivity contribution is 0.0477. The molecular weight excluding hydrogens is 308 g/mol. The maximum Gasteiger partial charge on any atom is 0.188 e. The van der Waals surface area contributed by atoms with Gasteiger partial charge in [-0.3, -0.25) is 4.79 Å². The van der Waals surface area contributed by atoms with Gasteiger partial charge in [0.25, 0.3) is 0 Å². The molecule has 2 aromatic carbocycles. The Balaban J connectivity index is 2.46. The van der Waals surface area contributed by atoms with Gasteiger partial charge in [0.2, 0.25) is 0 Å². The first kappa shape index (κ1) is 17.5. The van der Waals surface area contributed by atoms with Crippen LogP contribution in [0.1, 0.15) is 21.5 Å². The van der Waals surface area contributed by atoms with Crippen LogP contribution in [0.2, 0.25) is 0 Å². The maximum atomic E-state index is 11.6. The summed E-state index contributed by atoms with van der Waals surface area (Å²) in [6.07, 6.45) is 0.694. The molecule has 0 saturated heterocycles. The Morgan fingerprint density at radius 2 is 1.50 bits per heavy atom. The van der Waals surface area contributed by atoms with Crippen molar-refractivity contribution in [1.82, 2.24) is 0 Å². The van der Waals surface area contributed by atoms with Crippen LogP contribution in [0.5, 0.6) is 11.5 Å². The molecule has 0 atom stereocenters. The van der Waals surface area contributed by atoms with Gasteiger partial charge in [-0.2, -0.15) is 0 Å².